The lowest BCUT2D eigenvalue weighted by Gasteiger charge is -2.34. The summed E-state index contributed by atoms with van der Waals surface area (Å²) in [4.78, 5) is 9.36. The Labute approximate surface area is 168 Å². The third kappa shape index (κ3) is 2.96. The molecule has 1 aromatic carbocycles. The summed E-state index contributed by atoms with van der Waals surface area (Å²) >= 11 is 0. The van der Waals surface area contributed by atoms with Gasteiger partial charge in [-0.15, -0.1) is 0 Å². The molecular formula is C20H20FN5O2S. The molecule has 7 nitrogen and oxygen atoms in total. The molecule has 2 atom stereocenters. The van der Waals surface area contributed by atoms with Crippen LogP contribution in [-0.4, -0.2) is 38.5 Å². The van der Waals surface area contributed by atoms with Crippen LogP contribution in [0.2, 0.25) is 0 Å². The zero-order chi connectivity index (χ0) is 20.2. The molecule has 0 N–H and O–H groups in total. The van der Waals surface area contributed by atoms with Crippen molar-refractivity contribution >= 4 is 10.0 Å². The summed E-state index contributed by atoms with van der Waals surface area (Å²) in [5.41, 5.74) is 2.47. The smallest absolute Gasteiger partial charge is 0.247 e. The van der Waals surface area contributed by atoms with E-state index in [9.17, 15) is 12.8 Å². The highest BCUT2D eigenvalue weighted by atomic mass is 32.2. The van der Waals surface area contributed by atoms with Crippen LogP contribution in [0, 0.1) is 5.82 Å². The minimum Gasteiger partial charge on any atom is -0.272 e. The number of hydrogen-bond donors (Lipinski definition) is 0. The molecule has 4 heterocycles. The van der Waals surface area contributed by atoms with Gasteiger partial charge in [-0.25, -0.2) is 22.8 Å². The molecular weight excluding hydrogens is 393 g/mol. The van der Waals surface area contributed by atoms with Crippen molar-refractivity contribution in [2.75, 3.05) is 0 Å². The molecule has 2 aliphatic heterocycles. The second kappa shape index (κ2) is 6.70. The monoisotopic (exact) mass is 413 g/mol. The van der Waals surface area contributed by atoms with Crippen LogP contribution in [0.1, 0.15) is 37.1 Å². The van der Waals surface area contributed by atoms with Crippen molar-refractivity contribution in [2.45, 2.75) is 49.7 Å². The van der Waals surface area contributed by atoms with Crippen molar-refractivity contribution in [3.63, 3.8) is 0 Å². The number of rotatable bonds is 4. The van der Waals surface area contributed by atoms with Gasteiger partial charge in [-0.1, -0.05) is 0 Å². The zero-order valence-corrected chi connectivity index (χ0v) is 16.7. The summed E-state index contributed by atoms with van der Waals surface area (Å²) < 4.78 is 43.0. The van der Waals surface area contributed by atoms with Crippen LogP contribution >= 0.6 is 0 Å². The van der Waals surface area contributed by atoms with Crippen LogP contribution in [0.4, 0.5) is 4.39 Å². The second-order valence-electron chi connectivity index (χ2n) is 7.42. The molecule has 1 fully saturated rings. The highest BCUT2D eigenvalue weighted by molar-refractivity contribution is 7.89. The fourth-order valence-electron chi connectivity index (χ4n) is 4.31. The highest BCUT2D eigenvalue weighted by Crippen LogP contribution is 2.46. The van der Waals surface area contributed by atoms with Crippen LogP contribution in [-0.2, 0) is 23.0 Å². The third-order valence-electron chi connectivity index (χ3n) is 5.74. The van der Waals surface area contributed by atoms with Crippen molar-refractivity contribution in [1.82, 2.24) is 24.1 Å². The molecule has 2 bridgehead atoms. The molecule has 0 aliphatic carbocycles. The Hall–Kier alpha value is -2.65. The number of aromatic nitrogens is 4. The number of hydrogen-bond acceptors (Lipinski definition) is 5. The van der Waals surface area contributed by atoms with E-state index in [4.69, 9.17) is 0 Å². The van der Waals surface area contributed by atoms with Crippen LogP contribution in [0.25, 0.3) is 11.4 Å². The first-order valence-corrected chi connectivity index (χ1v) is 11.1. The van der Waals surface area contributed by atoms with Crippen molar-refractivity contribution < 1.29 is 12.8 Å². The summed E-state index contributed by atoms with van der Waals surface area (Å²) in [7, 11) is -3.64. The topological polar surface area (TPSA) is 81.0 Å². The Balaban J connectivity index is 1.51. The fourth-order valence-corrected chi connectivity index (χ4v) is 6.11. The average molecular weight is 413 g/mol. The molecule has 0 spiro atoms. The number of sulfonamides is 1. The Kier molecular flexibility index (Phi) is 4.25. The van der Waals surface area contributed by atoms with Crippen LogP contribution < -0.4 is 0 Å². The van der Waals surface area contributed by atoms with Gasteiger partial charge in [0.25, 0.3) is 0 Å². The number of fused-ring (bicyclic) bond motifs is 4. The summed E-state index contributed by atoms with van der Waals surface area (Å²) in [6.07, 6.45) is 6.81. The van der Waals surface area contributed by atoms with Gasteiger partial charge in [0.2, 0.25) is 10.0 Å². The lowest BCUT2D eigenvalue weighted by Crippen LogP contribution is -2.42. The minimum absolute atomic E-state index is 0.126. The summed E-state index contributed by atoms with van der Waals surface area (Å²) in [6, 6.07) is 5.67. The van der Waals surface area contributed by atoms with Gasteiger partial charge in [-0.05, 0) is 44.0 Å². The fraction of sp³-hybridized carbons (Fsp3) is 0.350. The van der Waals surface area contributed by atoms with Crippen molar-refractivity contribution in [3.05, 3.63) is 59.9 Å². The summed E-state index contributed by atoms with van der Waals surface area (Å²) in [5, 5.41) is 4.12. The van der Waals surface area contributed by atoms with Gasteiger partial charge in [0, 0.05) is 42.5 Å². The number of nitrogens with zero attached hydrogens (tertiary/aromatic N) is 5. The maximum Gasteiger partial charge on any atom is 0.247 e. The predicted molar refractivity (Wildman–Crippen MR) is 104 cm³/mol. The van der Waals surface area contributed by atoms with Crippen LogP contribution in [0.15, 0.2) is 47.8 Å². The van der Waals surface area contributed by atoms with Crippen molar-refractivity contribution in [1.29, 1.82) is 0 Å². The number of benzene rings is 1. The second-order valence-corrected chi connectivity index (χ2v) is 9.26. The Bertz CT molecular complexity index is 1180. The Morgan fingerprint density at radius 1 is 1.17 bits per heavy atom. The lowest BCUT2D eigenvalue weighted by atomic mass is 10.0. The van der Waals surface area contributed by atoms with Crippen molar-refractivity contribution in [2.24, 2.45) is 0 Å². The molecule has 150 valence electrons. The van der Waals surface area contributed by atoms with E-state index < -0.39 is 10.0 Å². The van der Waals surface area contributed by atoms with Gasteiger partial charge in [0.1, 0.15) is 10.7 Å². The SMILES string of the molecule is CCn1cc(S(=O)(=O)N2C3CCC2c2cnc(-c4ccc(F)cc4)nc2C3)cn1. The Morgan fingerprint density at radius 3 is 2.69 bits per heavy atom. The molecule has 9 heteroatoms. The van der Waals surface area contributed by atoms with Gasteiger partial charge < -0.3 is 0 Å². The first-order valence-electron chi connectivity index (χ1n) is 9.65. The van der Waals surface area contributed by atoms with E-state index in [1.807, 2.05) is 6.92 Å². The molecule has 3 aromatic rings. The normalized spacial score (nSPS) is 21.3. The average Bonchev–Trinajstić information content (AvgIpc) is 3.33. The summed E-state index contributed by atoms with van der Waals surface area (Å²) in [6.45, 7) is 2.53. The molecule has 0 radical (unpaired) electrons. The van der Waals surface area contributed by atoms with Gasteiger partial charge in [0.05, 0.1) is 17.9 Å². The predicted octanol–water partition coefficient (Wildman–Crippen LogP) is 2.95. The van der Waals surface area contributed by atoms with E-state index in [1.54, 1.807) is 33.5 Å². The summed E-state index contributed by atoms with van der Waals surface area (Å²) in [5.74, 6) is 0.223. The van der Waals surface area contributed by atoms with Crippen LogP contribution in [0.3, 0.4) is 0 Å². The van der Waals surface area contributed by atoms with E-state index >= 15 is 0 Å². The first-order chi connectivity index (χ1) is 14.0. The van der Waals surface area contributed by atoms with E-state index in [-0.39, 0.29) is 22.8 Å². The van der Waals surface area contributed by atoms with Gasteiger partial charge >= 0.3 is 0 Å². The first kappa shape index (κ1) is 18.4. The quantitative estimate of drug-likeness (QED) is 0.657. The maximum absolute atomic E-state index is 13.3. The minimum atomic E-state index is -3.64. The van der Waals surface area contributed by atoms with Crippen molar-refractivity contribution in [3.8, 4) is 11.4 Å². The molecule has 2 unspecified atom stereocenters. The Morgan fingerprint density at radius 2 is 1.97 bits per heavy atom. The number of aryl methyl sites for hydroxylation is 1. The van der Waals surface area contributed by atoms with E-state index in [0.717, 1.165) is 29.7 Å². The molecule has 2 aromatic heterocycles. The lowest BCUT2D eigenvalue weighted by molar-refractivity contribution is 0.300. The van der Waals surface area contributed by atoms with E-state index in [1.165, 1.54) is 18.3 Å². The highest BCUT2D eigenvalue weighted by Gasteiger charge is 2.47. The molecule has 5 rings (SSSR count). The van der Waals surface area contributed by atoms with Gasteiger partial charge in [-0.2, -0.15) is 9.40 Å². The van der Waals surface area contributed by atoms with Crippen LogP contribution in [0.5, 0.6) is 0 Å². The molecule has 29 heavy (non-hydrogen) atoms. The molecule has 0 amide bonds. The van der Waals surface area contributed by atoms with Gasteiger partial charge in [-0.3, -0.25) is 4.68 Å². The standard InChI is InChI=1S/C20H20FN5O2S/c1-2-25-12-16(10-23-25)29(27,28)26-15-7-8-19(26)17-11-22-20(24-18(17)9-15)13-3-5-14(21)6-4-13/h3-6,10-12,15,19H,2,7-9H2,1H3. The molecule has 0 saturated carbocycles. The van der Waals surface area contributed by atoms with Gasteiger partial charge in [0.15, 0.2) is 5.82 Å². The number of halogens is 1. The third-order valence-corrected chi connectivity index (χ3v) is 7.65. The largest absolute Gasteiger partial charge is 0.272 e. The van der Waals surface area contributed by atoms with E-state index in [0.29, 0.717) is 18.8 Å². The van der Waals surface area contributed by atoms with E-state index in [2.05, 4.69) is 15.1 Å². The zero-order valence-electron chi connectivity index (χ0n) is 15.9. The maximum atomic E-state index is 13.3. The molecule has 2 aliphatic rings. The molecule has 1 saturated heterocycles.